The molecule has 2 aromatic rings. The van der Waals surface area contributed by atoms with Crippen LogP contribution in [0.15, 0.2) is 30.6 Å². The van der Waals surface area contributed by atoms with E-state index in [4.69, 9.17) is 0 Å². The number of piperazine rings is 1. The van der Waals surface area contributed by atoms with Crippen LogP contribution in [0.4, 0.5) is 5.82 Å². The maximum absolute atomic E-state index is 13.3. The summed E-state index contributed by atoms with van der Waals surface area (Å²) >= 11 is 0. The van der Waals surface area contributed by atoms with Crippen LogP contribution in [0.2, 0.25) is 0 Å². The highest BCUT2D eigenvalue weighted by Crippen LogP contribution is 2.61. The lowest BCUT2D eigenvalue weighted by Gasteiger charge is -2.57. The summed E-state index contributed by atoms with van der Waals surface area (Å²) in [6.45, 7) is 5.23. The molecule has 4 saturated carbocycles. The van der Waals surface area contributed by atoms with Crippen molar-refractivity contribution in [2.45, 2.75) is 51.9 Å². The second kappa shape index (κ2) is 7.35. The topological polar surface area (TPSA) is 54.3 Å². The first-order valence-corrected chi connectivity index (χ1v) is 12.1. The number of hydrogen-bond acceptors (Lipinski definition) is 4. The van der Waals surface area contributed by atoms with Gasteiger partial charge in [-0.1, -0.05) is 0 Å². The van der Waals surface area contributed by atoms with E-state index in [9.17, 15) is 4.79 Å². The molecule has 5 aliphatic rings. The molecule has 2 aromatic heterocycles. The Hall–Kier alpha value is -2.37. The van der Waals surface area contributed by atoms with E-state index in [0.29, 0.717) is 11.3 Å². The molecule has 1 saturated heterocycles. The molecular formula is C25H33N5O. The van der Waals surface area contributed by atoms with Crippen LogP contribution >= 0.6 is 0 Å². The second-order valence-corrected chi connectivity index (χ2v) is 10.7. The molecule has 6 heteroatoms. The monoisotopic (exact) mass is 419 g/mol. The zero-order chi connectivity index (χ0) is 21.0. The molecule has 0 unspecified atom stereocenters. The first-order chi connectivity index (χ1) is 15.1. The van der Waals surface area contributed by atoms with Crippen LogP contribution in [0.1, 0.15) is 50.8 Å². The van der Waals surface area contributed by atoms with E-state index < -0.39 is 0 Å². The van der Waals surface area contributed by atoms with Gasteiger partial charge in [-0.15, -0.1) is 0 Å². The summed E-state index contributed by atoms with van der Waals surface area (Å²) in [7, 11) is 0. The van der Waals surface area contributed by atoms with E-state index in [2.05, 4.69) is 25.8 Å². The van der Waals surface area contributed by atoms with Crippen LogP contribution in [0.3, 0.4) is 0 Å². The van der Waals surface area contributed by atoms with Crippen molar-refractivity contribution in [1.29, 1.82) is 0 Å². The number of aryl methyl sites for hydroxylation is 1. The van der Waals surface area contributed by atoms with Crippen LogP contribution < -0.4 is 4.90 Å². The average molecular weight is 420 g/mol. The Bertz CT molecular complexity index is 925. The Morgan fingerprint density at radius 3 is 2.13 bits per heavy atom. The van der Waals surface area contributed by atoms with Gasteiger partial charge in [-0.3, -0.25) is 4.79 Å². The van der Waals surface area contributed by atoms with E-state index >= 15 is 0 Å². The molecular weight excluding hydrogens is 386 g/mol. The fourth-order valence-electron chi connectivity index (χ4n) is 7.44. The van der Waals surface area contributed by atoms with E-state index in [0.717, 1.165) is 67.8 Å². The van der Waals surface area contributed by atoms with Crippen molar-refractivity contribution >= 4 is 11.7 Å². The Kier molecular flexibility index (Phi) is 4.58. The largest absolute Gasteiger partial charge is 0.353 e. The Morgan fingerprint density at radius 1 is 0.935 bits per heavy atom. The normalized spacial score (nSPS) is 32.0. The lowest BCUT2D eigenvalue weighted by Crippen LogP contribution is -2.52. The lowest BCUT2D eigenvalue weighted by molar-refractivity contribution is -0.139. The summed E-state index contributed by atoms with van der Waals surface area (Å²) < 4.78 is 2.02. The average Bonchev–Trinajstić information content (AvgIpc) is 3.27. The highest BCUT2D eigenvalue weighted by atomic mass is 16.2. The predicted octanol–water partition coefficient (Wildman–Crippen LogP) is 3.83. The van der Waals surface area contributed by atoms with Crippen molar-refractivity contribution in [3.63, 3.8) is 0 Å². The third-order valence-corrected chi connectivity index (χ3v) is 8.33. The van der Waals surface area contributed by atoms with E-state index in [-0.39, 0.29) is 0 Å². The lowest BCUT2D eigenvalue weighted by atomic mass is 9.49. The van der Waals surface area contributed by atoms with Gasteiger partial charge in [0.15, 0.2) is 0 Å². The van der Waals surface area contributed by atoms with Gasteiger partial charge in [0.25, 0.3) is 0 Å². The standard InChI is InChI=1S/C25H33N5O/c1-18-26-22(28-4-2-3-5-28)13-23(27-18)29-6-8-30(9-7-29)24(31)17-25-14-19-10-20(15-25)12-21(11-19)16-25/h2-5,13,19-21H,6-12,14-17H2,1H3. The quantitative estimate of drug-likeness (QED) is 0.756. The Labute approximate surface area is 184 Å². The number of anilines is 1. The van der Waals surface area contributed by atoms with Crippen molar-refractivity contribution < 1.29 is 4.79 Å². The molecule has 164 valence electrons. The number of amides is 1. The molecule has 1 aliphatic heterocycles. The van der Waals surface area contributed by atoms with Gasteiger partial charge in [0.05, 0.1) is 0 Å². The molecule has 6 nitrogen and oxygen atoms in total. The summed E-state index contributed by atoms with van der Waals surface area (Å²) in [5.41, 5.74) is 0.332. The highest BCUT2D eigenvalue weighted by molar-refractivity contribution is 5.77. The molecule has 4 aliphatic carbocycles. The van der Waals surface area contributed by atoms with Crippen LogP contribution in [0, 0.1) is 30.1 Å². The fourth-order valence-corrected chi connectivity index (χ4v) is 7.44. The van der Waals surface area contributed by atoms with Crippen molar-refractivity contribution in [2.75, 3.05) is 31.1 Å². The Balaban J connectivity index is 1.10. The Morgan fingerprint density at radius 2 is 1.52 bits per heavy atom. The molecule has 0 atom stereocenters. The highest BCUT2D eigenvalue weighted by Gasteiger charge is 2.51. The minimum absolute atomic E-state index is 0.332. The van der Waals surface area contributed by atoms with Gasteiger partial charge in [0.1, 0.15) is 17.5 Å². The number of hydrogen-bond donors (Lipinski definition) is 0. The molecule has 3 heterocycles. The molecule has 0 radical (unpaired) electrons. The van der Waals surface area contributed by atoms with Crippen LogP contribution in [0.25, 0.3) is 5.82 Å². The smallest absolute Gasteiger partial charge is 0.223 e. The minimum atomic E-state index is 0.332. The van der Waals surface area contributed by atoms with Gasteiger partial charge < -0.3 is 14.4 Å². The van der Waals surface area contributed by atoms with Crippen molar-refractivity contribution in [1.82, 2.24) is 19.4 Å². The maximum atomic E-state index is 13.3. The molecule has 1 amide bonds. The third-order valence-electron chi connectivity index (χ3n) is 8.33. The van der Waals surface area contributed by atoms with Gasteiger partial charge >= 0.3 is 0 Å². The zero-order valence-electron chi connectivity index (χ0n) is 18.5. The molecule has 0 spiro atoms. The summed E-state index contributed by atoms with van der Waals surface area (Å²) in [5, 5.41) is 0. The molecule has 7 rings (SSSR count). The van der Waals surface area contributed by atoms with Crippen LogP contribution in [-0.2, 0) is 4.79 Å². The molecule has 4 bridgehead atoms. The van der Waals surface area contributed by atoms with Crippen molar-refractivity contribution in [2.24, 2.45) is 23.2 Å². The number of nitrogens with zero attached hydrogens (tertiary/aromatic N) is 5. The maximum Gasteiger partial charge on any atom is 0.223 e. The van der Waals surface area contributed by atoms with Gasteiger partial charge in [-0.25, -0.2) is 9.97 Å². The first kappa shape index (κ1) is 19.3. The molecule has 0 aromatic carbocycles. The third kappa shape index (κ3) is 3.64. The summed E-state index contributed by atoms with van der Waals surface area (Å²) in [4.78, 5) is 27.0. The number of carbonyl (C=O) groups excluding carboxylic acids is 1. The zero-order valence-corrected chi connectivity index (χ0v) is 18.5. The van der Waals surface area contributed by atoms with E-state index in [1.807, 2.05) is 36.0 Å². The summed E-state index contributed by atoms with van der Waals surface area (Å²) in [6, 6.07) is 6.07. The van der Waals surface area contributed by atoms with Crippen molar-refractivity contribution in [3.8, 4) is 5.82 Å². The van der Waals surface area contributed by atoms with Crippen LogP contribution in [0.5, 0.6) is 0 Å². The molecule has 5 fully saturated rings. The first-order valence-electron chi connectivity index (χ1n) is 12.1. The summed E-state index contributed by atoms with van der Waals surface area (Å²) in [6.07, 6.45) is 13.1. The van der Waals surface area contributed by atoms with E-state index in [1.165, 1.54) is 38.5 Å². The number of carbonyl (C=O) groups is 1. The fraction of sp³-hybridized carbons (Fsp3) is 0.640. The molecule has 31 heavy (non-hydrogen) atoms. The summed E-state index contributed by atoms with van der Waals surface area (Å²) in [5.74, 6) is 5.76. The van der Waals surface area contributed by atoms with E-state index in [1.54, 1.807) is 0 Å². The minimum Gasteiger partial charge on any atom is -0.353 e. The van der Waals surface area contributed by atoms with Gasteiger partial charge in [0, 0.05) is 51.1 Å². The van der Waals surface area contributed by atoms with Gasteiger partial charge in [0.2, 0.25) is 5.91 Å². The van der Waals surface area contributed by atoms with Crippen LogP contribution in [-0.4, -0.2) is 51.5 Å². The molecule has 0 N–H and O–H groups in total. The number of aromatic nitrogens is 3. The van der Waals surface area contributed by atoms with Crippen molar-refractivity contribution in [3.05, 3.63) is 36.4 Å². The van der Waals surface area contributed by atoms with Gasteiger partial charge in [-0.05, 0) is 80.8 Å². The second-order valence-electron chi connectivity index (χ2n) is 10.7. The SMILES string of the molecule is Cc1nc(N2CCN(C(=O)CC34CC5CC(CC(C5)C3)C4)CC2)cc(-n2cccc2)n1. The predicted molar refractivity (Wildman–Crippen MR) is 120 cm³/mol. The number of rotatable bonds is 4. The van der Waals surface area contributed by atoms with Gasteiger partial charge in [-0.2, -0.15) is 0 Å².